The maximum atomic E-state index is 11.9. The molecule has 1 heterocycles. The van der Waals surface area contributed by atoms with E-state index in [9.17, 15) is 4.79 Å². The van der Waals surface area contributed by atoms with E-state index in [1.807, 2.05) is 38.1 Å². The number of fused-ring (bicyclic) bond motifs is 1. The molecule has 0 bridgehead atoms. The van der Waals surface area contributed by atoms with Gasteiger partial charge in [-0.2, -0.15) is 0 Å². The topological polar surface area (TPSA) is 51.2 Å². The third kappa shape index (κ3) is 3.05. The molecule has 0 radical (unpaired) electrons. The summed E-state index contributed by atoms with van der Waals surface area (Å²) >= 11 is 0. The molecular formula is C14H16N2O2. The smallest absolute Gasteiger partial charge is 0.253 e. The van der Waals surface area contributed by atoms with Crippen molar-refractivity contribution in [1.29, 1.82) is 0 Å². The zero-order valence-electron chi connectivity index (χ0n) is 10.5. The predicted octanol–water partition coefficient (Wildman–Crippen LogP) is 2.35. The van der Waals surface area contributed by atoms with Crippen LogP contribution in [0, 0.1) is 0 Å². The molecule has 0 saturated carbocycles. The van der Waals surface area contributed by atoms with Crippen LogP contribution in [0.3, 0.4) is 0 Å². The Kier molecular flexibility index (Phi) is 3.89. The lowest BCUT2D eigenvalue weighted by Crippen LogP contribution is -2.27. The Morgan fingerprint density at radius 3 is 3.00 bits per heavy atom. The fourth-order valence-electron chi connectivity index (χ4n) is 1.59. The molecule has 94 valence electrons. The lowest BCUT2D eigenvalue weighted by Gasteiger charge is -2.09. The molecule has 1 N–H and O–H groups in total. The highest BCUT2D eigenvalue weighted by molar-refractivity contribution is 5.97. The maximum absolute atomic E-state index is 11.9. The molecule has 4 nitrogen and oxygen atoms in total. The van der Waals surface area contributed by atoms with E-state index in [1.165, 1.54) is 0 Å². The van der Waals surface area contributed by atoms with Crippen LogP contribution in [0.15, 0.2) is 36.5 Å². The van der Waals surface area contributed by atoms with Crippen molar-refractivity contribution in [3.05, 3.63) is 42.1 Å². The molecule has 0 aliphatic rings. The summed E-state index contributed by atoms with van der Waals surface area (Å²) in [5, 5.41) is 3.67. The molecule has 4 heteroatoms. The Balaban J connectivity index is 2.08. The minimum absolute atomic E-state index is 0.103. The van der Waals surface area contributed by atoms with Crippen LogP contribution >= 0.6 is 0 Å². The summed E-state index contributed by atoms with van der Waals surface area (Å²) in [7, 11) is 0. The van der Waals surface area contributed by atoms with Crippen LogP contribution in [0.4, 0.5) is 0 Å². The number of benzene rings is 1. The predicted molar refractivity (Wildman–Crippen MR) is 70.3 cm³/mol. The molecule has 0 atom stereocenters. The Morgan fingerprint density at radius 2 is 2.22 bits per heavy atom. The molecule has 0 saturated heterocycles. The van der Waals surface area contributed by atoms with Gasteiger partial charge in [-0.25, -0.2) is 0 Å². The van der Waals surface area contributed by atoms with Crippen molar-refractivity contribution < 1.29 is 9.53 Å². The first-order valence-corrected chi connectivity index (χ1v) is 5.91. The molecule has 0 aliphatic heterocycles. The largest absolute Gasteiger partial charge is 0.359 e. The third-order valence-corrected chi connectivity index (χ3v) is 2.51. The average Bonchev–Trinajstić information content (AvgIpc) is 2.37. The van der Waals surface area contributed by atoms with Gasteiger partial charge < -0.3 is 10.1 Å². The maximum Gasteiger partial charge on any atom is 0.253 e. The summed E-state index contributed by atoms with van der Waals surface area (Å²) in [5.41, 5.74) is 1.50. The van der Waals surface area contributed by atoms with Gasteiger partial charge in [-0.1, -0.05) is 6.07 Å². The second-order valence-electron chi connectivity index (χ2n) is 4.28. The fraction of sp³-hybridized carbons (Fsp3) is 0.286. The van der Waals surface area contributed by atoms with Gasteiger partial charge in [0.1, 0.15) is 6.73 Å². The quantitative estimate of drug-likeness (QED) is 0.840. The van der Waals surface area contributed by atoms with Crippen LogP contribution in [0.2, 0.25) is 0 Å². The Morgan fingerprint density at radius 1 is 1.39 bits per heavy atom. The number of rotatable bonds is 4. The standard InChI is InChI=1S/C14H16N2O2/c1-10(2)18-9-16-14(17)12-5-6-13-11(8-12)4-3-7-15-13/h3-8,10H,9H2,1-2H3,(H,16,17). The van der Waals surface area contributed by atoms with Crippen LogP contribution < -0.4 is 5.32 Å². The van der Waals surface area contributed by atoms with E-state index in [2.05, 4.69) is 10.3 Å². The number of aromatic nitrogens is 1. The highest BCUT2D eigenvalue weighted by Gasteiger charge is 2.06. The van der Waals surface area contributed by atoms with E-state index < -0.39 is 0 Å². The third-order valence-electron chi connectivity index (χ3n) is 2.51. The van der Waals surface area contributed by atoms with Crippen molar-refractivity contribution in [1.82, 2.24) is 10.3 Å². The lowest BCUT2D eigenvalue weighted by atomic mass is 10.1. The van der Waals surface area contributed by atoms with Crippen LogP contribution in [0.5, 0.6) is 0 Å². The van der Waals surface area contributed by atoms with Crippen molar-refractivity contribution >= 4 is 16.8 Å². The molecule has 18 heavy (non-hydrogen) atoms. The van der Waals surface area contributed by atoms with Crippen molar-refractivity contribution in [2.45, 2.75) is 20.0 Å². The highest BCUT2D eigenvalue weighted by atomic mass is 16.5. The van der Waals surface area contributed by atoms with E-state index in [1.54, 1.807) is 12.3 Å². The summed E-state index contributed by atoms with van der Waals surface area (Å²) in [5.74, 6) is -0.138. The molecule has 0 aliphatic carbocycles. The fourth-order valence-corrected chi connectivity index (χ4v) is 1.59. The van der Waals surface area contributed by atoms with Crippen molar-refractivity contribution in [3.63, 3.8) is 0 Å². The van der Waals surface area contributed by atoms with Gasteiger partial charge in [0.15, 0.2) is 0 Å². The van der Waals surface area contributed by atoms with Gasteiger partial charge >= 0.3 is 0 Å². The lowest BCUT2D eigenvalue weighted by molar-refractivity contribution is 0.0561. The van der Waals surface area contributed by atoms with E-state index in [0.717, 1.165) is 10.9 Å². The van der Waals surface area contributed by atoms with Gasteiger partial charge in [0, 0.05) is 17.1 Å². The normalized spacial score (nSPS) is 10.8. The first kappa shape index (κ1) is 12.5. The molecule has 1 aromatic heterocycles. The number of nitrogens with zero attached hydrogens (tertiary/aromatic N) is 1. The summed E-state index contributed by atoms with van der Waals surface area (Å²) < 4.78 is 5.28. The van der Waals surface area contributed by atoms with Crippen molar-refractivity contribution in [2.24, 2.45) is 0 Å². The zero-order chi connectivity index (χ0) is 13.0. The van der Waals surface area contributed by atoms with Crippen molar-refractivity contribution in [2.75, 3.05) is 6.73 Å². The number of hydrogen-bond acceptors (Lipinski definition) is 3. The molecule has 0 fully saturated rings. The van der Waals surface area contributed by atoms with E-state index in [0.29, 0.717) is 5.56 Å². The number of carbonyl (C=O) groups excluding carboxylic acids is 1. The summed E-state index contributed by atoms with van der Waals surface area (Å²) in [4.78, 5) is 16.1. The van der Waals surface area contributed by atoms with Crippen LogP contribution in [0.25, 0.3) is 10.9 Å². The number of amides is 1. The number of ether oxygens (including phenoxy) is 1. The molecule has 1 aromatic carbocycles. The average molecular weight is 244 g/mol. The second-order valence-corrected chi connectivity index (χ2v) is 4.28. The number of pyridine rings is 1. The SMILES string of the molecule is CC(C)OCNC(=O)c1ccc2ncccc2c1. The number of nitrogens with one attached hydrogen (secondary N) is 1. The second kappa shape index (κ2) is 5.60. The minimum atomic E-state index is -0.138. The molecule has 0 spiro atoms. The van der Waals surface area contributed by atoms with Gasteiger partial charge in [0.2, 0.25) is 0 Å². The first-order valence-electron chi connectivity index (χ1n) is 5.91. The Bertz CT molecular complexity index is 552. The Hall–Kier alpha value is -1.94. The van der Waals surface area contributed by atoms with Crippen LogP contribution in [0.1, 0.15) is 24.2 Å². The molecular weight excluding hydrogens is 228 g/mol. The number of hydrogen-bond donors (Lipinski definition) is 1. The van der Waals surface area contributed by atoms with Crippen molar-refractivity contribution in [3.8, 4) is 0 Å². The zero-order valence-corrected chi connectivity index (χ0v) is 10.5. The highest BCUT2D eigenvalue weighted by Crippen LogP contribution is 2.13. The van der Waals surface area contributed by atoms with Gasteiger partial charge in [-0.05, 0) is 38.1 Å². The summed E-state index contributed by atoms with van der Waals surface area (Å²) in [6.07, 6.45) is 1.84. The summed E-state index contributed by atoms with van der Waals surface area (Å²) in [6.45, 7) is 4.07. The van der Waals surface area contributed by atoms with Gasteiger partial charge in [-0.3, -0.25) is 9.78 Å². The minimum Gasteiger partial charge on any atom is -0.359 e. The summed E-state index contributed by atoms with van der Waals surface area (Å²) in [6, 6.07) is 9.22. The van der Waals surface area contributed by atoms with E-state index in [4.69, 9.17) is 4.74 Å². The van der Waals surface area contributed by atoms with Crippen LogP contribution in [-0.4, -0.2) is 23.7 Å². The van der Waals surface area contributed by atoms with E-state index >= 15 is 0 Å². The monoisotopic (exact) mass is 244 g/mol. The molecule has 2 rings (SSSR count). The Labute approximate surface area is 106 Å². The van der Waals surface area contributed by atoms with Gasteiger partial charge in [0.25, 0.3) is 5.91 Å². The molecule has 2 aromatic rings. The van der Waals surface area contributed by atoms with Gasteiger partial charge in [0.05, 0.1) is 11.6 Å². The van der Waals surface area contributed by atoms with E-state index in [-0.39, 0.29) is 18.7 Å². The van der Waals surface area contributed by atoms with Crippen LogP contribution in [-0.2, 0) is 4.74 Å². The molecule has 1 amide bonds. The molecule has 0 unspecified atom stereocenters. The number of carbonyl (C=O) groups is 1. The first-order chi connectivity index (χ1) is 8.66. The van der Waals surface area contributed by atoms with Gasteiger partial charge in [-0.15, -0.1) is 0 Å².